The van der Waals surface area contributed by atoms with Crippen molar-refractivity contribution in [2.45, 2.75) is 12.6 Å². The van der Waals surface area contributed by atoms with E-state index in [2.05, 4.69) is 27.2 Å². The molecule has 1 aromatic rings. The molecule has 0 spiro atoms. The summed E-state index contributed by atoms with van der Waals surface area (Å²) in [6, 6.07) is 2.90. The van der Waals surface area contributed by atoms with Gasteiger partial charge in [-0.25, -0.2) is 0 Å². The standard InChI is InChI=1S/C12H9BrF3NO/c1-2-3-6-17-11(18)9-7-8(12(14,15)16)4-5-10(9)13/h1,4-5,7H,3,6H2,(H,17,18). The van der Waals surface area contributed by atoms with Crippen LogP contribution in [-0.4, -0.2) is 12.5 Å². The SMILES string of the molecule is C#CCCNC(=O)c1cc(C(F)(F)F)ccc1Br. The van der Waals surface area contributed by atoms with E-state index in [9.17, 15) is 18.0 Å². The van der Waals surface area contributed by atoms with Crippen LogP contribution in [0.4, 0.5) is 13.2 Å². The average molecular weight is 320 g/mol. The lowest BCUT2D eigenvalue weighted by molar-refractivity contribution is -0.137. The van der Waals surface area contributed by atoms with Gasteiger partial charge in [-0.2, -0.15) is 13.2 Å². The number of halogens is 4. The van der Waals surface area contributed by atoms with Crippen LogP contribution < -0.4 is 5.32 Å². The van der Waals surface area contributed by atoms with Crippen LogP contribution in [0.15, 0.2) is 22.7 Å². The summed E-state index contributed by atoms with van der Waals surface area (Å²) in [7, 11) is 0. The molecule has 0 bridgehead atoms. The van der Waals surface area contributed by atoms with Gasteiger partial charge in [0.1, 0.15) is 0 Å². The number of terminal acetylenes is 1. The highest BCUT2D eigenvalue weighted by Crippen LogP contribution is 2.31. The topological polar surface area (TPSA) is 29.1 Å². The van der Waals surface area contributed by atoms with Gasteiger partial charge in [0.15, 0.2) is 0 Å². The third kappa shape index (κ3) is 3.77. The van der Waals surface area contributed by atoms with Crippen LogP contribution in [-0.2, 0) is 6.18 Å². The van der Waals surface area contributed by atoms with Gasteiger partial charge in [-0.15, -0.1) is 12.3 Å². The molecule has 0 radical (unpaired) electrons. The molecule has 1 N–H and O–H groups in total. The summed E-state index contributed by atoms with van der Waals surface area (Å²) >= 11 is 3.04. The molecule has 1 amide bonds. The van der Waals surface area contributed by atoms with Crippen LogP contribution in [0.1, 0.15) is 22.3 Å². The Bertz CT molecular complexity index is 491. The molecule has 2 nitrogen and oxygen atoms in total. The second kappa shape index (κ2) is 5.91. The maximum Gasteiger partial charge on any atom is 0.416 e. The fourth-order valence-electron chi connectivity index (χ4n) is 1.22. The van der Waals surface area contributed by atoms with E-state index in [0.717, 1.165) is 12.1 Å². The Labute approximate surface area is 111 Å². The van der Waals surface area contributed by atoms with Crippen LogP contribution in [0, 0.1) is 12.3 Å². The quantitative estimate of drug-likeness (QED) is 0.672. The Morgan fingerprint density at radius 1 is 1.44 bits per heavy atom. The van der Waals surface area contributed by atoms with E-state index in [1.165, 1.54) is 6.07 Å². The van der Waals surface area contributed by atoms with Crippen molar-refractivity contribution in [2.75, 3.05) is 6.54 Å². The normalized spacial score (nSPS) is 10.8. The van der Waals surface area contributed by atoms with Gasteiger partial charge in [0.05, 0.1) is 11.1 Å². The van der Waals surface area contributed by atoms with Crippen molar-refractivity contribution in [1.82, 2.24) is 5.32 Å². The number of carbonyl (C=O) groups is 1. The van der Waals surface area contributed by atoms with Crippen LogP contribution >= 0.6 is 15.9 Å². The van der Waals surface area contributed by atoms with Crippen LogP contribution in [0.5, 0.6) is 0 Å². The lowest BCUT2D eigenvalue weighted by Crippen LogP contribution is -2.25. The van der Waals surface area contributed by atoms with Gasteiger partial charge in [-0.1, -0.05) is 0 Å². The second-order valence-electron chi connectivity index (χ2n) is 3.40. The summed E-state index contributed by atoms with van der Waals surface area (Å²) in [5, 5.41) is 2.44. The lowest BCUT2D eigenvalue weighted by Gasteiger charge is -2.10. The minimum atomic E-state index is -4.48. The molecule has 0 fully saturated rings. The van der Waals surface area contributed by atoms with Crippen LogP contribution in [0.2, 0.25) is 0 Å². The molecule has 0 aromatic heterocycles. The summed E-state index contributed by atoms with van der Waals surface area (Å²) in [6.07, 6.45) is 0.849. The summed E-state index contributed by atoms with van der Waals surface area (Å²) < 4.78 is 37.8. The Hall–Kier alpha value is -1.48. The number of nitrogens with one attached hydrogen (secondary N) is 1. The van der Waals surface area contributed by atoms with E-state index in [1.807, 2.05) is 0 Å². The number of hydrogen-bond donors (Lipinski definition) is 1. The summed E-state index contributed by atoms with van der Waals surface area (Å²) in [4.78, 5) is 11.6. The fraction of sp³-hybridized carbons (Fsp3) is 0.250. The Morgan fingerprint density at radius 2 is 2.11 bits per heavy atom. The Kier molecular flexibility index (Phi) is 4.79. The molecule has 1 aromatic carbocycles. The fourth-order valence-corrected chi connectivity index (χ4v) is 1.65. The van der Waals surface area contributed by atoms with E-state index < -0.39 is 17.6 Å². The van der Waals surface area contributed by atoms with Gasteiger partial charge in [0, 0.05) is 17.4 Å². The molecular formula is C12H9BrF3NO. The minimum Gasteiger partial charge on any atom is -0.351 e. The maximum absolute atomic E-state index is 12.5. The lowest BCUT2D eigenvalue weighted by atomic mass is 10.1. The number of benzene rings is 1. The number of rotatable bonds is 3. The number of hydrogen-bond acceptors (Lipinski definition) is 1. The molecule has 0 unspecified atom stereocenters. The first-order valence-electron chi connectivity index (χ1n) is 4.94. The molecule has 0 saturated heterocycles. The van der Waals surface area contributed by atoms with Gasteiger partial charge in [0.25, 0.3) is 5.91 Å². The molecule has 0 aliphatic heterocycles. The first kappa shape index (κ1) is 14.6. The van der Waals surface area contributed by atoms with E-state index in [-0.39, 0.29) is 12.1 Å². The van der Waals surface area contributed by atoms with Gasteiger partial charge in [-0.05, 0) is 34.1 Å². The molecule has 6 heteroatoms. The van der Waals surface area contributed by atoms with Crippen molar-refractivity contribution in [3.05, 3.63) is 33.8 Å². The molecule has 96 valence electrons. The third-order valence-corrected chi connectivity index (χ3v) is 2.78. The highest BCUT2D eigenvalue weighted by atomic mass is 79.9. The molecule has 0 heterocycles. The van der Waals surface area contributed by atoms with Crippen molar-refractivity contribution in [3.63, 3.8) is 0 Å². The smallest absolute Gasteiger partial charge is 0.351 e. The van der Waals surface area contributed by atoms with Crippen LogP contribution in [0.25, 0.3) is 0 Å². The molecular weight excluding hydrogens is 311 g/mol. The van der Waals surface area contributed by atoms with Crippen molar-refractivity contribution in [2.24, 2.45) is 0 Å². The van der Waals surface area contributed by atoms with E-state index in [1.54, 1.807) is 0 Å². The zero-order valence-electron chi connectivity index (χ0n) is 9.14. The number of carbonyl (C=O) groups excluding carboxylic acids is 1. The van der Waals surface area contributed by atoms with Crippen LogP contribution in [0.3, 0.4) is 0 Å². The first-order valence-corrected chi connectivity index (χ1v) is 5.74. The van der Waals surface area contributed by atoms with Gasteiger partial charge < -0.3 is 5.32 Å². The summed E-state index contributed by atoms with van der Waals surface area (Å²) in [6.45, 7) is 0.220. The van der Waals surface area contributed by atoms with E-state index >= 15 is 0 Å². The van der Waals surface area contributed by atoms with E-state index in [0.29, 0.717) is 10.9 Å². The van der Waals surface area contributed by atoms with Crippen molar-refractivity contribution in [1.29, 1.82) is 0 Å². The second-order valence-corrected chi connectivity index (χ2v) is 4.26. The molecule has 18 heavy (non-hydrogen) atoms. The molecule has 0 saturated carbocycles. The monoisotopic (exact) mass is 319 g/mol. The zero-order chi connectivity index (χ0) is 13.8. The Balaban J connectivity index is 2.94. The van der Waals surface area contributed by atoms with Gasteiger partial charge in [-0.3, -0.25) is 4.79 Å². The third-order valence-electron chi connectivity index (χ3n) is 2.09. The van der Waals surface area contributed by atoms with Gasteiger partial charge in [0.2, 0.25) is 0 Å². The van der Waals surface area contributed by atoms with E-state index in [4.69, 9.17) is 6.42 Å². The molecule has 1 rings (SSSR count). The molecule has 0 aliphatic rings. The zero-order valence-corrected chi connectivity index (χ0v) is 10.7. The Morgan fingerprint density at radius 3 is 2.67 bits per heavy atom. The first-order chi connectivity index (χ1) is 8.36. The largest absolute Gasteiger partial charge is 0.416 e. The maximum atomic E-state index is 12.5. The summed E-state index contributed by atoms with van der Waals surface area (Å²) in [5.41, 5.74) is -0.936. The highest BCUT2D eigenvalue weighted by molar-refractivity contribution is 9.10. The van der Waals surface area contributed by atoms with Crippen molar-refractivity contribution < 1.29 is 18.0 Å². The average Bonchev–Trinajstić information content (AvgIpc) is 2.28. The highest BCUT2D eigenvalue weighted by Gasteiger charge is 2.31. The minimum absolute atomic E-state index is 0.0677. The molecule has 0 atom stereocenters. The molecule has 0 aliphatic carbocycles. The van der Waals surface area contributed by atoms with Gasteiger partial charge >= 0.3 is 6.18 Å². The predicted molar refractivity (Wildman–Crippen MR) is 64.9 cm³/mol. The number of amides is 1. The van der Waals surface area contributed by atoms with Crippen molar-refractivity contribution in [3.8, 4) is 12.3 Å². The predicted octanol–water partition coefficient (Wildman–Crippen LogP) is 3.22. The van der Waals surface area contributed by atoms with Crippen molar-refractivity contribution >= 4 is 21.8 Å². The summed E-state index contributed by atoms with van der Waals surface area (Å²) in [5.74, 6) is 1.72. The number of alkyl halides is 3.